The van der Waals surface area contributed by atoms with Gasteiger partial charge in [-0.1, -0.05) is 97.1 Å². The minimum absolute atomic E-state index is 0.836. The third kappa shape index (κ3) is 4.34. The molecule has 57 heavy (non-hydrogen) atoms. The lowest BCUT2D eigenvalue weighted by atomic mass is 10.1. The van der Waals surface area contributed by atoms with Crippen molar-refractivity contribution in [3.63, 3.8) is 0 Å². The molecular weight excluding hydrogens is 701 g/mol. The van der Waals surface area contributed by atoms with Crippen LogP contribution in [-0.2, 0) is 0 Å². The van der Waals surface area contributed by atoms with E-state index in [2.05, 4.69) is 179 Å². The number of benzene rings is 9. The molecule has 4 heterocycles. The number of hydrogen-bond donors (Lipinski definition) is 0. The smallest absolute Gasteiger partial charge is 0.213 e. The molecule has 266 valence electrons. The predicted octanol–water partition coefficient (Wildman–Crippen LogP) is 15.1. The van der Waals surface area contributed by atoms with Crippen LogP contribution in [0.4, 0.5) is 17.1 Å². The maximum absolute atomic E-state index is 6.70. The Morgan fingerprint density at radius 1 is 0.351 bits per heavy atom. The van der Waals surface area contributed by atoms with Gasteiger partial charge in [0.1, 0.15) is 27.9 Å². The zero-order valence-electron chi connectivity index (χ0n) is 30.4. The summed E-state index contributed by atoms with van der Waals surface area (Å²) in [6.45, 7) is 0. The SMILES string of the molecule is c1ccc2c(c1)ccc1c3ccc(N(c4ccc(-n5c6ccccc6c6c7ccccc7oc65)cc4)c4ccc5c(c4)oc4c6ccccc6ccc54)cc3oc21. The van der Waals surface area contributed by atoms with Gasteiger partial charge in [0.25, 0.3) is 0 Å². The van der Waals surface area contributed by atoms with Gasteiger partial charge < -0.3 is 18.2 Å². The number of furan rings is 3. The van der Waals surface area contributed by atoms with Crippen LogP contribution in [0.25, 0.3) is 104 Å². The summed E-state index contributed by atoms with van der Waals surface area (Å²) in [6, 6.07) is 64.1. The second-order valence-corrected chi connectivity index (χ2v) is 14.9. The summed E-state index contributed by atoms with van der Waals surface area (Å²) in [4.78, 5) is 2.28. The Bertz CT molecular complexity index is 3610. The zero-order valence-corrected chi connectivity index (χ0v) is 30.4. The molecule has 13 rings (SSSR count). The van der Waals surface area contributed by atoms with Crippen LogP contribution in [-0.4, -0.2) is 4.57 Å². The van der Waals surface area contributed by atoms with Crippen LogP contribution >= 0.6 is 0 Å². The molecule has 4 aromatic heterocycles. The number of aromatic nitrogens is 1. The van der Waals surface area contributed by atoms with Crippen molar-refractivity contribution in [2.24, 2.45) is 0 Å². The normalized spacial score (nSPS) is 12.2. The summed E-state index contributed by atoms with van der Waals surface area (Å²) >= 11 is 0. The molecule has 13 aromatic rings. The largest absolute Gasteiger partial charge is 0.455 e. The average Bonchev–Trinajstić information content (AvgIpc) is 4.02. The van der Waals surface area contributed by atoms with Crippen LogP contribution in [0.3, 0.4) is 0 Å². The van der Waals surface area contributed by atoms with Gasteiger partial charge in [-0.3, -0.25) is 4.57 Å². The van der Waals surface area contributed by atoms with Crippen molar-refractivity contribution in [2.75, 3.05) is 4.90 Å². The van der Waals surface area contributed by atoms with Crippen LogP contribution in [0.15, 0.2) is 195 Å². The molecule has 0 aliphatic carbocycles. The first kappa shape index (κ1) is 30.6. The van der Waals surface area contributed by atoms with E-state index >= 15 is 0 Å². The zero-order chi connectivity index (χ0) is 37.2. The maximum Gasteiger partial charge on any atom is 0.213 e. The highest BCUT2D eigenvalue weighted by molar-refractivity contribution is 6.20. The fourth-order valence-corrected chi connectivity index (χ4v) is 9.16. The molecule has 0 aliphatic heterocycles. The lowest BCUT2D eigenvalue weighted by Crippen LogP contribution is -2.10. The first-order chi connectivity index (χ1) is 28.2. The van der Waals surface area contributed by atoms with Crippen molar-refractivity contribution < 1.29 is 13.3 Å². The minimum atomic E-state index is 0.836. The van der Waals surface area contributed by atoms with E-state index < -0.39 is 0 Å². The Labute approximate surface area is 324 Å². The number of rotatable bonds is 4. The van der Waals surface area contributed by atoms with Gasteiger partial charge in [-0.05, 0) is 83.6 Å². The number of fused-ring (bicyclic) bond motifs is 15. The predicted molar refractivity (Wildman–Crippen MR) is 235 cm³/mol. The van der Waals surface area contributed by atoms with Gasteiger partial charge in [0.05, 0.1) is 10.9 Å². The molecular formula is C52H30N2O3. The van der Waals surface area contributed by atoms with E-state index in [4.69, 9.17) is 13.3 Å². The van der Waals surface area contributed by atoms with E-state index in [0.29, 0.717) is 0 Å². The van der Waals surface area contributed by atoms with Crippen molar-refractivity contribution in [3.05, 3.63) is 182 Å². The lowest BCUT2D eigenvalue weighted by molar-refractivity contribution is 0.645. The first-order valence-corrected chi connectivity index (χ1v) is 19.2. The van der Waals surface area contributed by atoms with Gasteiger partial charge in [-0.25, -0.2) is 0 Å². The van der Waals surface area contributed by atoms with E-state index in [1.807, 2.05) is 12.1 Å². The van der Waals surface area contributed by atoms with E-state index in [1.165, 1.54) is 5.39 Å². The van der Waals surface area contributed by atoms with Crippen LogP contribution in [0.5, 0.6) is 0 Å². The number of hydrogen-bond acceptors (Lipinski definition) is 4. The number of anilines is 3. The first-order valence-electron chi connectivity index (χ1n) is 19.2. The highest BCUT2D eigenvalue weighted by atomic mass is 16.3. The minimum Gasteiger partial charge on any atom is -0.455 e. The molecule has 5 nitrogen and oxygen atoms in total. The van der Waals surface area contributed by atoms with Crippen molar-refractivity contribution >= 4 is 115 Å². The van der Waals surface area contributed by atoms with Crippen molar-refractivity contribution in [2.45, 2.75) is 0 Å². The Morgan fingerprint density at radius 2 is 0.860 bits per heavy atom. The van der Waals surface area contributed by atoms with Gasteiger partial charge >= 0.3 is 0 Å². The van der Waals surface area contributed by atoms with E-state index in [-0.39, 0.29) is 0 Å². The van der Waals surface area contributed by atoms with Gasteiger partial charge in [-0.15, -0.1) is 0 Å². The Kier molecular flexibility index (Phi) is 6.10. The number of nitrogens with zero attached hydrogens (tertiary/aromatic N) is 2. The summed E-state index contributed by atoms with van der Waals surface area (Å²) in [5.74, 6) is 0. The Morgan fingerprint density at radius 3 is 1.49 bits per heavy atom. The maximum atomic E-state index is 6.70. The van der Waals surface area contributed by atoms with Crippen molar-refractivity contribution in [3.8, 4) is 5.69 Å². The molecule has 0 bridgehead atoms. The molecule has 9 aromatic carbocycles. The van der Waals surface area contributed by atoms with E-state index in [1.54, 1.807) is 0 Å². The fourth-order valence-electron chi connectivity index (χ4n) is 9.16. The van der Waals surface area contributed by atoms with Crippen molar-refractivity contribution in [1.82, 2.24) is 4.57 Å². The molecule has 5 heteroatoms. The van der Waals surface area contributed by atoms with E-state index in [9.17, 15) is 0 Å². The standard InChI is InChI=1S/C52H30N2O3/c1-3-11-37-31(9-1)17-25-41-39-27-23-35(29-47(39)55-50(37)41)53(36-24-28-40-42-26-18-32-10-2-4-12-38(32)51(42)56-48(40)30-36)33-19-21-34(22-20-33)54-45-15-7-5-13-43(45)49-44-14-6-8-16-46(44)57-52(49)54/h1-30H. The molecule has 0 atom stereocenters. The van der Waals surface area contributed by atoms with Crippen LogP contribution in [0.1, 0.15) is 0 Å². The quantitative estimate of drug-likeness (QED) is 0.181. The second kappa shape index (κ2) is 11.4. The molecule has 0 fully saturated rings. The highest BCUT2D eigenvalue weighted by Crippen LogP contribution is 2.44. The molecule has 0 amide bonds. The third-order valence-corrected chi connectivity index (χ3v) is 11.8. The number of para-hydroxylation sites is 2. The summed E-state index contributed by atoms with van der Waals surface area (Å²) < 4.78 is 22.2. The lowest BCUT2D eigenvalue weighted by Gasteiger charge is -2.25. The second-order valence-electron chi connectivity index (χ2n) is 14.9. The summed E-state index contributed by atoms with van der Waals surface area (Å²) in [5.41, 5.74) is 10.3. The van der Waals surface area contributed by atoms with Crippen LogP contribution in [0.2, 0.25) is 0 Å². The molecule has 0 saturated carbocycles. The average molecular weight is 731 g/mol. The van der Waals surface area contributed by atoms with Gasteiger partial charge in [0.15, 0.2) is 0 Å². The summed E-state index contributed by atoms with van der Waals surface area (Å²) in [6.07, 6.45) is 0. The van der Waals surface area contributed by atoms with E-state index in [0.717, 1.165) is 116 Å². The van der Waals surface area contributed by atoms with Gasteiger partial charge in [0.2, 0.25) is 5.71 Å². The molecule has 0 unspecified atom stereocenters. The fraction of sp³-hybridized carbons (Fsp3) is 0. The summed E-state index contributed by atoms with van der Waals surface area (Å²) in [5, 5.41) is 12.4. The molecule has 0 radical (unpaired) electrons. The third-order valence-electron chi connectivity index (χ3n) is 11.8. The Balaban J connectivity index is 1.01. The molecule has 0 saturated heterocycles. The summed E-state index contributed by atoms with van der Waals surface area (Å²) in [7, 11) is 0. The topological polar surface area (TPSA) is 47.6 Å². The van der Waals surface area contributed by atoms with Crippen LogP contribution < -0.4 is 4.90 Å². The molecule has 0 aliphatic rings. The molecule has 0 N–H and O–H groups in total. The van der Waals surface area contributed by atoms with Crippen LogP contribution in [0, 0.1) is 0 Å². The highest BCUT2D eigenvalue weighted by Gasteiger charge is 2.22. The van der Waals surface area contributed by atoms with Gasteiger partial charge in [-0.2, -0.15) is 0 Å². The van der Waals surface area contributed by atoms with Crippen molar-refractivity contribution in [1.29, 1.82) is 0 Å². The van der Waals surface area contributed by atoms with Gasteiger partial charge in [0, 0.05) is 78.0 Å². The Hall–Kier alpha value is -7.76. The monoisotopic (exact) mass is 730 g/mol. The molecule has 0 spiro atoms.